The Morgan fingerprint density at radius 2 is 2.09 bits per heavy atom. The maximum absolute atomic E-state index is 9.34. The largest absolute Gasteiger partial charge is 0.390 e. The van der Waals surface area contributed by atoms with E-state index < -0.39 is 12.4 Å². The van der Waals surface area contributed by atoms with Crippen LogP contribution >= 0.6 is 0 Å². The Morgan fingerprint density at radius 1 is 1.45 bits per heavy atom. The lowest BCUT2D eigenvalue weighted by Crippen LogP contribution is -2.37. The summed E-state index contributed by atoms with van der Waals surface area (Å²) in [6, 6.07) is 0. The third kappa shape index (κ3) is 1.90. The first kappa shape index (κ1) is 8.93. The van der Waals surface area contributed by atoms with Crippen LogP contribution in [0.3, 0.4) is 0 Å². The molecule has 66 valence electrons. The predicted molar refractivity (Wildman–Crippen MR) is 38.2 cm³/mol. The van der Waals surface area contributed by atoms with E-state index in [9.17, 15) is 5.11 Å². The third-order valence-corrected chi connectivity index (χ3v) is 1.84. The minimum Gasteiger partial charge on any atom is -0.390 e. The van der Waals surface area contributed by atoms with Crippen LogP contribution in [-0.4, -0.2) is 44.4 Å². The molecule has 4 nitrogen and oxygen atoms in total. The lowest BCUT2D eigenvalue weighted by atomic mass is 10.2. The fourth-order valence-electron chi connectivity index (χ4n) is 1.22. The molecule has 0 amide bonds. The lowest BCUT2D eigenvalue weighted by Gasteiger charge is -2.21. The summed E-state index contributed by atoms with van der Waals surface area (Å²) in [6.45, 7) is 0.578. The lowest BCUT2D eigenvalue weighted by molar-refractivity contribution is -0.184. The molecule has 0 aromatic heterocycles. The van der Waals surface area contributed by atoms with E-state index in [4.69, 9.17) is 14.2 Å². The standard InChI is InChI=1S/C7H14O4/c1-9-7(10-2)6-5(8)3-4-11-6/h5-8H,3-4H2,1-2H3. The maximum Gasteiger partial charge on any atom is 0.185 e. The zero-order valence-electron chi connectivity index (χ0n) is 6.82. The first-order valence-electron chi connectivity index (χ1n) is 3.65. The quantitative estimate of drug-likeness (QED) is 0.581. The third-order valence-electron chi connectivity index (χ3n) is 1.84. The van der Waals surface area contributed by atoms with Crippen molar-refractivity contribution in [3.8, 4) is 0 Å². The molecule has 4 heteroatoms. The van der Waals surface area contributed by atoms with Gasteiger partial charge in [-0.15, -0.1) is 0 Å². The van der Waals surface area contributed by atoms with Crippen LogP contribution < -0.4 is 0 Å². The monoisotopic (exact) mass is 162 g/mol. The molecule has 1 aliphatic heterocycles. The van der Waals surface area contributed by atoms with Crippen LogP contribution in [0.4, 0.5) is 0 Å². The topological polar surface area (TPSA) is 47.9 Å². The summed E-state index contributed by atoms with van der Waals surface area (Å²) in [6.07, 6.45) is -0.578. The van der Waals surface area contributed by atoms with Crippen LogP contribution in [0.25, 0.3) is 0 Å². The molecule has 1 saturated heterocycles. The van der Waals surface area contributed by atoms with Gasteiger partial charge in [-0.3, -0.25) is 0 Å². The summed E-state index contributed by atoms with van der Waals surface area (Å²) >= 11 is 0. The molecular weight excluding hydrogens is 148 g/mol. The first-order valence-corrected chi connectivity index (χ1v) is 3.65. The van der Waals surface area contributed by atoms with Crippen LogP contribution in [0, 0.1) is 0 Å². The predicted octanol–water partition coefficient (Wildman–Crippen LogP) is -0.245. The molecule has 1 N–H and O–H groups in total. The van der Waals surface area contributed by atoms with E-state index in [0.29, 0.717) is 13.0 Å². The number of aliphatic hydroxyl groups excluding tert-OH is 1. The van der Waals surface area contributed by atoms with E-state index in [-0.39, 0.29) is 6.10 Å². The van der Waals surface area contributed by atoms with Crippen LogP contribution in [0.5, 0.6) is 0 Å². The molecule has 0 aromatic rings. The number of hydrogen-bond donors (Lipinski definition) is 1. The number of methoxy groups -OCH3 is 2. The van der Waals surface area contributed by atoms with Crippen molar-refractivity contribution in [2.75, 3.05) is 20.8 Å². The molecule has 0 bridgehead atoms. The van der Waals surface area contributed by atoms with Crippen LogP contribution in [0.1, 0.15) is 6.42 Å². The van der Waals surface area contributed by atoms with Gasteiger partial charge in [0.2, 0.25) is 0 Å². The highest BCUT2D eigenvalue weighted by Crippen LogP contribution is 2.18. The summed E-state index contributed by atoms with van der Waals surface area (Å²) in [7, 11) is 3.06. The van der Waals surface area contributed by atoms with E-state index in [1.165, 1.54) is 14.2 Å². The normalized spacial score (nSPS) is 31.6. The van der Waals surface area contributed by atoms with Gasteiger partial charge in [0, 0.05) is 20.8 Å². The van der Waals surface area contributed by atoms with E-state index in [1.807, 2.05) is 0 Å². The Kier molecular flexibility index (Phi) is 3.26. The van der Waals surface area contributed by atoms with Crippen molar-refractivity contribution in [2.24, 2.45) is 0 Å². The molecule has 1 rings (SSSR count). The maximum atomic E-state index is 9.34. The molecule has 1 fully saturated rings. The molecule has 1 heterocycles. The van der Waals surface area contributed by atoms with Gasteiger partial charge in [0.1, 0.15) is 6.10 Å². The average Bonchev–Trinajstić information content (AvgIpc) is 2.40. The summed E-state index contributed by atoms with van der Waals surface area (Å²) < 4.78 is 15.1. The molecule has 2 atom stereocenters. The van der Waals surface area contributed by atoms with Crippen molar-refractivity contribution in [3.63, 3.8) is 0 Å². The number of ether oxygens (including phenoxy) is 3. The number of rotatable bonds is 3. The summed E-state index contributed by atoms with van der Waals surface area (Å²) in [5.74, 6) is 0. The second-order valence-electron chi connectivity index (χ2n) is 2.53. The van der Waals surface area contributed by atoms with E-state index >= 15 is 0 Å². The molecule has 11 heavy (non-hydrogen) atoms. The van der Waals surface area contributed by atoms with E-state index in [2.05, 4.69) is 0 Å². The summed E-state index contributed by atoms with van der Waals surface area (Å²) in [4.78, 5) is 0. The Morgan fingerprint density at radius 3 is 2.45 bits per heavy atom. The zero-order chi connectivity index (χ0) is 8.27. The van der Waals surface area contributed by atoms with Crippen LogP contribution in [0.2, 0.25) is 0 Å². The van der Waals surface area contributed by atoms with E-state index in [0.717, 1.165) is 0 Å². The number of aliphatic hydroxyl groups is 1. The zero-order valence-corrected chi connectivity index (χ0v) is 6.82. The smallest absolute Gasteiger partial charge is 0.185 e. The highest BCUT2D eigenvalue weighted by atomic mass is 16.7. The Bertz CT molecular complexity index is 113. The molecule has 0 aromatic carbocycles. The Hall–Kier alpha value is -0.160. The SMILES string of the molecule is COC(OC)C1OCCC1O. The van der Waals surface area contributed by atoms with Gasteiger partial charge in [-0.2, -0.15) is 0 Å². The van der Waals surface area contributed by atoms with E-state index in [1.54, 1.807) is 0 Å². The highest BCUT2D eigenvalue weighted by Gasteiger charge is 2.33. The van der Waals surface area contributed by atoms with Crippen LogP contribution in [-0.2, 0) is 14.2 Å². The second kappa shape index (κ2) is 4.01. The fraction of sp³-hybridized carbons (Fsp3) is 1.00. The van der Waals surface area contributed by atoms with Gasteiger partial charge in [-0.25, -0.2) is 0 Å². The fourth-order valence-corrected chi connectivity index (χ4v) is 1.22. The molecule has 0 radical (unpaired) electrons. The summed E-state index contributed by atoms with van der Waals surface area (Å²) in [5, 5.41) is 9.34. The van der Waals surface area contributed by atoms with Crippen molar-refractivity contribution in [2.45, 2.75) is 24.9 Å². The molecule has 1 aliphatic rings. The molecule has 0 spiro atoms. The molecule has 2 unspecified atom stereocenters. The first-order chi connectivity index (χ1) is 5.29. The van der Waals surface area contributed by atoms with Gasteiger partial charge in [-0.05, 0) is 6.42 Å². The van der Waals surface area contributed by atoms with Crippen molar-refractivity contribution in [1.29, 1.82) is 0 Å². The van der Waals surface area contributed by atoms with Gasteiger partial charge in [0.05, 0.1) is 6.10 Å². The van der Waals surface area contributed by atoms with Crippen LogP contribution in [0.15, 0.2) is 0 Å². The molecule has 0 aliphatic carbocycles. The van der Waals surface area contributed by atoms with Gasteiger partial charge in [0.15, 0.2) is 6.29 Å². The van der Waals surface area contributed by atoms with Gasteiger partial charge in [-0.1, -0.05) is 0 Å². The van der Waals surface area contributed by atoms with Gasteiger partial charge >= 0.3 is 0 Å². The summed E-state index contributed by atoms with van der Waals surface area (Å²) in [5.41, 5.74) is 0. The van der Waals surface area contributed by atoms with Crippen molar-refractivity contribution in [3.05, 3.63) is 0 Å². The highest BCUT2D eigenvalue weighted by molar-refractivity contribution is 4.77. The molecular formula is C7H14O4. The van der Waals surface area contributed by atoms with Crippen molar-refractivity contribution >= 4 is 0 Å². The minimum absolute atomic E-state index is 0.329. The Balaban J connectivity index is 2.43. The van der Waals surface area contributed by atoms with Crippen molar-refractivity contribution < 1.29 is 19.3 Å². The van der Waals surface area contributed by atoms with Crippen molar-refractivity contribution in [1.82, 2.24) is 0 Å². The number of hydrogen-bond acceptors (Lipinski definition) is 4. The minimum atomic E-state index is -0.458. The average molecular weight is 162 g/mol. The van der Waals surface area contributed by atoms with Gasteiger partial charge in [0.25, 0.3) is 0 Å². The Labute approximate surface area is 66.1 Å². The van der Waals surface area contributed by atoms with Gasteiger partial charge < -0.3 is 19.3 Å². The molecule has 0 saturated carbocycles. The second-order valence-corrected chi connectivity index (χ2v) is 2.53.